The van der Waals surface area contributed by atoms with Gasteiger partial charge in [-0.1, -0.05) is 25.3 Å². The largest absolute Gasteiger partial charge is 0.349 e. The molecule has 1 aliphatic carbocycles. The van der Waals surface area contributed by atoms with Gasteiger partial charge in [0.2, 0.25) is 5.82 Å². The molecule has 2 fully saturated rings. The lowest BCUT2D eigenvalue weighted by molar-refractivity contribution is 0.0376. The van der Waals surface area contributed by atoms with Crippen LogP contribution < -0.4 is 5.32 Å². The average Bonchev–Trinajstić information content (AvgIpc) is 3.47. The van der Waals surface area contributed by atoms with Crippen LogP contribution in [0.3, 0.4) is 0 Å². The number of carbonyl (C=O) groups is 2. The summed E-state index contributed by atoms with van der Waals surface area (Å²) < 4.78 is 1.95. The van der Waals surface area contributed by atoms with Gasteiger partial charge in [-0.2, -0.15) is 0 Å². The fourth-order valence-corrected chi connectivity index (χ4v) is 5.65. The molecule has 2 aromatic heterocycles. The van der Waals surface area contributed by atoms with E-state index in [9.17, 15) is 9.59 Å². The van der Waals surface area contributed by atoms with Crippen molar-refractivity contribution in [3.8, 4) is 0 Å². The number of nitrogens with one attached hydrogen (secondary N) is 1. The van der Waals surface area contributed by atoms with Gasteiger partial charge < -0.3 is 14.8 Å². The maximum atomic E-state index is 12.8. The van der Waals surface area contributed by atoms with Crippen LogP contribution in [0.2, 0.25) is 0 Å². The number of amides is 2. The van der Waals surface area contributed by atoms with Crippen molar-refractivity contribution in [2.45, 2.75) is 44.7 Å². The first-order valence-corrected chi connectivity index (χ1v) is 11.9. The Balaban J connectivity index is 1.28. The van der Waals surface area contributed by atoms with Crippen molar-refractivity contribution >= 4 is 23.2 Å². The third-order valence-corrected chi connectivity index (χ3v) is 7.54. The number of aromatic nitrogens is 3. The molecule has 1 N–H and O–H groups in total. The number of piperazine rings is 1. The minimum atomic E-state index is -0.130. The van der Waals surface area contributed by atoms with E-state index >= 15 is 0 Å². The molecule has 9 heteroatoms. The Morgan fingerprint density at radius 1 is 1.10 bits per heavy atom. The number of thiophene rings is 1. The predicted molar refractivity (Wildman–Crippen MR) is 113 cm³/mol. The molecule has 1 saturated heterocycles. The predicted octanol–water partition coefficient (Wildman–Crippen LogP) is 2.16. The van der Waals surface area contributed by atoms with Gasteiger partial charge >= 0.3 is 0 Å². The zero-order valence-corrected chi connectivity index (χ0v) is 17.9. The van der Waals surface area contributed by atoms with Crippen LogP contribution in [0.1, 0.15) is 64.3 Å². The zero-order chi connectivity index (χ0) is 20.5. The summed E-state index contributed by atoms with van der Waals surface area (Å²) >= 11 is 1.47. The third-order valence-electron chi connectivity index (χ3n) is 6.68. The molecule has 5 rings (SSSR count). The molecule has 30 heavy (non-hydrogen) atoms. The maximum Gasteiger partial charge on any atom is 0.289 e. The van der Waals surface area contributed by atoms with Crippen molar-refractivity contribution in [2.24, 2.45) is 5.92 Å². The SMILES string of the molecule is O=C(NCC1CCCCC1)c1nnc2n1CCN1CCN(C(=O)c3cccs3)C[C@@H]21. The quantitative estimate of drug-likeness (QED) is 0.807. The van der Waals surface area contributed by atoms with Gasteiger partial charge in [0.05, 0.1) is 10.9 Å². The summed E-state index contributed by atoms with van der Waals surface area (Å²) in [5.41, 5.74) is 0. The van der Waals surface area contributed by atoms with Gasteiger partial charge in [0.25, 0.3) is 11.8 Å². The van der Waals surface area contributed by atoms with Crippen LogP contribution in [0.25, 0.3) is 0 Å². The van der Waals surface area contributed by atoms with Gasteiger partial charge in [0.1, 0.15) is 0 Å². The molecule has 160 valence electrons. The number of fused-ring (bicyclic) bond motifs is 3. The van der Waals surface area contributed by atoms with Crippen molar-refractivity contribution < 1.29 is 9.59 Å². The second-order valence-corrected chi connectivity index (χ2v) is 9.48. The minimum absolute atomic E-state index is 0.0104. The van der Waals surface area contributed by atoms with E-state index in [1.54, 1.807) is 0 Å². The molecule has 4 heterocycles. The molecule has 2 amide bonds. The van der Waals surface area contributed by atoms with Crippen LogP contribution in [0.4, 0.5) is 0 Å². The van der Waals surface area contributed by atoms with E-state index in [1.807, 2.05) is 27.0 Å². The molecular formula is C21H28N6O2S. The van der Waals surface area contributed by atoms with Crippen LogP contribution in [0.15, 0.2) is 17.5 Å². The normalized spacial score (nSPS) is 22.4. The third kappa shape index (κ3) is 3.76. The summed E-state index contributed by atoms with van der Waals surface area (Å²) in [6.07, 6.45) is 6.23. The molecule has 0 bridgehead atoms. The highest BCUT2D eigenvalue weighted by molar-refractivity contribution is 7.12. The lowest BCUT2D eigenvalue weighted by atomic mass is 9.89. The molecule has 8 nitrogen and oxygen atoms in total. The van der Waals surface area contributed by atoms with Gasteiger partial charge in [-0.05, 0) is 30.2 Å². The highest BCUT2D eigenvalue weighted by atomic mass is 32.1. The zero-order valence-electron chi connectivity index (χ0n) is 17.1. The first kappa shape index (κ1) is 19.7. The summed E-state index contributed by atoms with van der Waals surface area (Å²) in [6.45, 7) is 4.40. The number of rotatable bonds is 4. The van der Waals surface area contributed by atoms with E-state index < -0.39 is 0 Å². The van der Waals surface area contributed by atoms with Crippen molar-refractivity contribution in [3.63, 3.8) is 0 Å². The smallest absolute Gasteiger partial charge is 0.289 e. The molecular weight excluding hydrogens is 400 g/mol. The number of carbonyl (C=O) groups excluding carboxylic acids is 2. The monoisotopic (exact) mass is 428 g/mol. The van der Waals surface area contributed by atoms with Gasteiger partial charge in [-0.3, -0.25) is 14.5 Å². The summed E-state index contributed by atoms with van der Waals surface area (Å²) in [5, 5.41) is 13.6. The number of hydrogen-bond donors (Lipinski definition) is 1. The van der Waals surface area contributed by atoms with Gasteiger partial charge in [0, 0.05) is 39.3 Å². The van der Waals surface area contributed by atoms with Crippen LogP contribution >= 0.6 is 11.3 Å². The molecule has 3 aliphatic rings. The van der Waals surface area contributed by atoms with Crippen LogP contribution in [-0.4, -0.2) is 69.1 Å². The van der Waals surface area contributed by atoms with Crippen molar-refractivity contribution in [1.29, 1.82) is 0 Å². The Kier molecular flexibility index (Phi) is 5.56. The van der Waals surface area contributed by atoms with Gasteiger partial charge in [-0.15, -0.1) is 21.5 Å². The van der Waals surface area contributed by atoms with Crippen molar-refractivity contribution in [2.75, 3.05) is 32.7 Å². The lowest BCUT2D eigenvalue weighted by Gasteiger charge is -2.43. The molecule has 2 aromatic rings. The molecule has 1 saturated carbocycles. The highest BCUT2D eigenvalue weighted by Crippen LogP contribution is 2.29. The highest BCUT2D eigenvalue weighted by Gasteiger charge is 2.38. The second-order valence-electron chi connectivity index (χ2n) is 8.53. The maximum absolute atomic E-state index is 12.8. The first-order chi connectivity index (χ1) is 14.7. The Bertz CT molecular complexity index is 905. The van der Waals surface area contributed by atoms with Crippen LogP contribution in [0, 0.1) is 5.92 Å². The number of nitrogens with zero attached hydrogens (tertiary/aromatic N) is 5. The average molecular weight is 429 g/mol. The van der Waals surface area contributed by atoms with E-state index in [0.717, 1.165) is 36.9 Å². The number of hydrogen-bond acceptors (Lipinski definition) is 6. The molecule has 0 radical (unpaired) electrons. The lowest BCUT2D eigenvalue weighted by Crippen LogP contribution is -2.53. The summed E-state index contributed by atoms with van der Waals surface area (Å²) in [7, 11) is 0. The minimum Gasteiger partial charge on any atom is -0.349 e. The fraction of sp³-hybridized carbons (Fsp3) is 0.619. The van der Waals surface area contributed by atoms with E-state index in [-0.39, 0.29) is 17.9 Å². The second kappa shape index (κ2) is 8.47. The molecule has 0 aromatic carbocycles. The van der Waals surface area contributed by atoms with Gasteiger partial charge in [0.15, 0.2) is 5.82 Å². The molecule has 0 unspecified atom stereocenters. The summed E-state index contributed by atoms with van der Waals surface area (Å²) in [4.78, 5) is 30.6. The van der Waals surface area contributed by atoms with Crippen molar-refractivity contribution in [1.82, 2.24) is 29.9 Å². The Morgan fingerprint density at radius 2 is 1.93 bits per heavy atom. The standard InChI is InChI=1S/C21H28N6O2S/c28-20(22-13-15-5-2-1-3-6-15)19-24-23-18-16-14-26(21(29)17-7-4-12-30-17)9-8-25(16)10-11-27(18)19/h4,7,12,15-16H,1-3,5-6,8-11,13-14H2,(H,22,28)/t16-/m0/s1. The first-order valence-electron chi connectivity index (χ1n) is 11.0. The molecule has 2 aliphatic heterocycles. The van der Waals surface area contributed by atoms with Crippen molar-refractivity contribution in [3.05, 3.63) is 34.0 Å². The fourth-order valence-electron chi connectivity index (χ4n) is 4.96. The van der Waals surface area contributed by atoms with Crippen LogP contribution in [0.5, 0.6) is 0 Å². The van der Waals surface area contributed by atoms with Gasteiger partial charge in [-0.25, -0.2) is 0 Å². The van der Waals surface area contributed by atoms with E-state index in [4.69, 9.17) is 0 Å². The summed E-state index contributed by atoms with van der Waals surface area (Å²) in [6, 6.07) is 3.77. The van der Waals surface area contributed by atoms with Crippen LogP contribution in [-0.2, 0) is 6.54 Å². The Hall–Kier alpha value is -2.26. The Labute approximate surface area is 180 Å². The topological polar surface area (TPSA) is 83.4 Å². The summed E-state index contributed by atoms with van der Waals surface area (Å²) in [5.74, 6) is 1.73. The molecule has 0 spiro atoms. The van der Waals surface area contributed by atoms with E-state index in [1.165, 1.54) is 43.4 Å². The van der Waals surface area contributed by atoms with E-state index in [0.29, 0.717) is 24.8 Å². The van der Waals surface area contributed by atoms with E-state index in [2.05, 4.69) is 20.4 Å². The Morgan fingerprint density at radius 3 is 2.73 bits per heavy atom. The molecule has 1 atom stereocenters.